The van der Waals surface area contributed by atoms with Gasteiger partial charge in [0.25, 0.3) is 5.88 Å². The molecule has 1 N–H and O–H groups in total. The Kier molecular flexibility index (Phi) is 4.19. The largest absolute Gasteiger partial charge is 0.574 e. The molecule has 0 amide bonds. The number of nitrogens with zero attached hydrogens (tertiary/aromatic N) is 1. The maximum Gasteiger partial charge on any atom is 0.574 e. The van der Waals surface area contributed by atoms with E-state index in [1.54, 1.807) is 0 Å². The van der Waals surface area contributed by atoms with E-state index in [1.165, 1.54) is 7.11 Å². The molecule has 0 aliphatic heterocycles. The van der Waals surface area contributed by atoms with E-state index in [0.717, 1.165) is 6.20 Å². The quantitative estimate of drug-likeness (QED) is 0.850. The van der Waals surface area contributed by atoms with Gasteiger partial charge in [-0.05, 0) is 22.6 Å². The van der Waals surface area contributed by atoms with E-state index in [4.69, 9.17) is 9.84 Å². The van der Waals surface area contributed by atoms with Gasteiger partial charge in [-0.15, -0.1) is 13.2 Å². The maximum atomic E-state index is 12.0. The number of hydrogen-bond donors (Lipinski definition) is 1. The van der Waals surface area contributed by atoms with E-state index in [2.05, 4.69) is 9.72 Å². The highest BCUT2D eigenvalue weighted by Crippen LogP contribution is 2.35. The van der Waals surface area contributed by atoms with Gasteiger partial charge in [-0.3, -0.25) is 0 Å². The molecule has 0 unspecified atom stereocenters. The fourth-order valence-corrected chi connectivity index (χ4v) is 1.58. The van der Waals surface area contributed by atoms with E-state index in [9.17, 15) is 13.2 Å². The monoisotopic (exact) mass is 349 g/mol. The van der Waals surface area contributed by atoms with E-state index in [1.807, 2.05) is 22.6 Å². The summed E-state index contributed by atoms with van der Waals surface area (Å²) in [5.74, 6) is -0.925. The second-order valence-electron chi connectivity index (χ2n) is 2.63. The van der Waals surface area contributed by atoms with Gasteiger partial charge in [0.05, 0.1) is 13.7 Å². The van der Waals surface area contributed by atoms with Crippen LogP contribution < -0.4 is 9.47 Å². The lowest BCUT2D eigenvalue weighted by molar-refractivity contribution is -0.276. The number of alkyl halides is 3. The second kappa shape index (κ2) is 5.04. The van der Waals surface area contributed by atoms with Crippen LogP contribution in [0.25, 0.3) is 0 Å². The van der Waals surface area contributed by atoms with Gasteiger partial charge in [-0.2, -0.15) is 0 Å². The predicted molar refractivity (Wildman–Crippen MR) is 56.1 cm³/mol. The van der Waals surface area contributed by atoms with E-state index in [0.29, 0.717) is 3.57 Å². The van der Waals surface area contributed by atoms with Gasteiger partial charge < -0.3 is 14.6 Å². The molecule has 1 heterocycles. The van der Waals surface area contributed by atoms with Crippen LogP contribution in [-0.2, 0) is 6.61 Å². The molecule has 90 valence electrons. The number of pyridine rings is 1. The van der Waals surface area contributed by atoms with Gasteiger partial charge >= 0.3 is 6.36 Å². The fraction of sp³-hybridized carbons (Fsp3) is 0.375. The highest BCUT2D eigenvalue weighted by Gasteiger charge is 2.34. The lowest BCUT2D eigenvalue weighted by Gasteiger charge is -2.14. The van der Waals surface area contributed by atoms with Crippen molar-refractivity contribution in [1.29, 1.82) is 0 Å². The van der Waals surface area contributed by atoms with Crippen molar-refractivity contribution < 1.29 is 27.8 Å². The molecule has 0 radical (unpaired) electrons. The average molecular weight is 349 g/mol. The van der Waals surface area contributed by atoms with Crippen molar-refractivity contribution in [3.05, 3.63) is 15.3 Å². The number of aliphatic hydroxyl groups is 1. The van der Waals surface area contributed by atoms with Crippen LogP contribution in [-0.4, -0.2) is 23.6 Å². The first-order chi connectivity index (χ1) is 7.39. The Morgan fingerprint density at radius 1 is 1.50 bits per heavy atom. The number of rotatable bonds is 3. The van der Waals surface area contributed by atoms with Crippen molar-refractivity contribution in [2.24, 2.45) is 0 Å². The van der Waals surface area contributed by atoms with Gasteiger partial charge in [0, 0.05) is 15.3 Å². The van der Waals surface area contributed by atoms with Crippen molar-refractivity contribution in [3.8, 4) is 11.6 Å². The van der Waals surface area contributed by atoms with Gasteiger partial charge in [0.2, 0.25) is 0 Å². The Labute approximate surface area is 103 Å². The second-order valence-corrected chi connectivity index (χ2v) is 3.79. The first-order valence-corrected chi connectivity index (χ1v) is 5.05. The summed E-state index contributed by atoms with van der Waals surface area (Å²) in [5.41, 5.74) is 0.206. The normalized spacial score (nSPS) is 11.4. The van der Waals surface area contributed by atoms with Crippen molar-refractivity contribution in [2.45, 2.75) is 13.0 Å². The highest BCUT2D eigenvalue weighted by molar-refractivity contribution is 14.1. The minimum Gasteiger partial charge on any atom is -0.491 e. The van der Waals surface area contributed by atoms with Crippen LogP contribution in [0, 0.1) is 3.57 Å². The summed E-state index contributed by atoms with van der Waals surface area (Å²) >= 11 is 1.82. The number of halogens is 4. The molecular weight excluding hydrogens is 342 g/mol. The van der Waals surface area contributed by atoms with Gasteiger partial charge in [-0.25, -0.2) is 4.98 Å². The summed E-state index contributed by atoms with van der Waals surface area (Å²) in [6.07, 6.45) is -3.69. The number of ether oxygens (including phenoxy) is 2. The Morgan fingerprint density at radius 2 is 2.12 bits per heavy atom. The van der Waals surface area contributed by atoms with Crippen molar-refractivity contribution in [2.75, 3.05) is 7.11 Å². The molecule has 1 rings (SSSR count). The molecule has 0 atom stereocenters. The highest BCUT2D eigenvalue weighted by atomic mass is 127. The number of aromatic nitrogens is 1. The molecule has 0 aliphatic rings. The zero-order valence-corrected chi connectivity index (χ0v) is 10.2. The molecule has 1 aromatic heterocycles. The molecule has 0 aliphatic carbocycles. The van der Waals surface area contributed by atoms with Crippen LogP contribution >= 0.6 is 22.6 Å². The van der Waals surface area contributed by atoms with E-state index < -0.39 is 18.8 Å². The molecule has 0 aromatic carbocycles. The van der Waals surface area contributed by atoms with Crippen LogP contribution in [0.1, 0.15) is 5.56 Å². The minimum atomic E-state index is -4.85. The first-order valence-electron chi connectivity index (χ1n) is 3.97. The summed E-state index contributed by atoms with van der Waals surface area (Å²) in [7, 11) is 1.18. The van der Waals surface area contributed by atoms with Gasteiger partial charge in [0.15, 0.2) is 5.75 Å². The summed E-state index contributed by atoms with van der Waals surface area (Å²) < 4.78 is 44.9. The molecule has 0 spiro atoms. The Morgan fingerprint density at radius 3 is 2.56 bits per heavy atom. The molecule has 16 heavy (non-hydrogen) atoms. The Hall–Kier alpha value is -0.770. The lowest BCUT2D eigenvalue weighted by Crippen LogP contribution is -2.19. The van der Waals surface area contributed by atoms with E-state index in [-0.39, 0.29) is 11.3 Å². The molecule has 0 fully saturated rings. The maximum absolute atomic E-state index is 12.0. The lowest BCUT2D eigenvalue weighted by atomic mass is 10.2. The van der Waals surface area contributed by atoms with Crippen LogP contribution in [0.15, 0.2) is 6.20 Å². The molecule has 0 saturated carbocycles. The van der Waals surface area contributed by atoms with Crippen molar-refractivity contribution in [3.63, 3.8) is 0 Å². The number of methoxy groups -OCH3 is 1. The summed E-state index contributed by atoms with van der Waals surface area (Å²) in [5, 5.41) is 9.00. The third-order valence-electron chi connectivity index (χ3n) is 1.63. The third kappa shape index (κ3) is 3.11. The number of aliphatic hydroxyl groups excluding tert-OH is 1. The standard InChI is InChI=1S/C8H7F3INO3/c1-15-6-4(3-14)5(12)2-13-7(6)16-8(9,10)11/h2,14H,3H2,1H3. The molecule has 0 saturated heterocycles. The molecule has 1 aromatic rings. The average Bonchev–Trinajstić information content (AvgIpc) is 2.18. The van der Waals surface area contributed by atoms with Crippen LogP contribution in [0.3, 0.4) is 0 Å². The van der Waals surface area contributed by atoms with Crippen molar-refractivity contribution >= 4 is 22.6 Å². The summed E-state index contributed by atoms with van der Waals surface area (Å²) in [6.45, 7) is -0.460. The van der Waals surface area contributed by atoms with Gasteiger partial charge in [-0.1, -0.05) is 0 Å². The zero-order valence-electron chi connectivity index (χ0n) is 8.01. The summed E-state index contributed by atoms with van der Waals surface area (Å²) in [6, 6.07) is 0. The van der Waals surface area contributed by atoms with Gasteiger partial charge in [0.1, 0.15) is 0 Å². The topological polar surface area (TPSA) is 51.6 Å². The third-order valence-corrected chi connectivity index (χ3v) is 2.56. The van der Waals surface area contributed by atoms with Crippen LogP contribution in [0.2, 0.25) is 0 Å². The SMILES string of the molecule is COc1c(OC(F)(F)F)ncc(I)c1CO. The van der Waals surface area contributed by atoms with Crippen molar-refractivity contribution in [1.82, 2.24) is 4.98 Å². The molecule has 4 nitrogen and oxygen atoms in total. The molecule has 8 heteroatoms. The molecule has 0 bridgehead atoms. The zero-order chi connectivity index (χ0) is 12.3. The molecular formula is C8H7F3INO3. The Balaban J connectivity index is 3.19. The first kappa shape index (κ1) is 13.3. The fourth-order valence-electron chi connectivity index (χ4n) is 1.03. The number of hydrogen-bond acceptors (Lipinski definition) is 4. The predicted octanol–water partition coefficient (Wildman–Crippen LogP) is 2.09. The summed E-state index contributed by atoms with van der Waals surface area (Å²) in [4.78, 5) is 3.46. The van der Waals surface area contributed by atoms with E-state index >= 15 is 0 Å². The Bertz CT molecular complexity index is 384. The van der Waals surface area contributed by atoms with Crippen LogP contribution in [0.5, 0.6) is 11.6 Å². The minimum absolute atomic E-state index is 0.206. The smallest absolute Gasteiger partial charge is 0.491 e. The van der Waals surface area contributed by atoms with Crippen LogP contribution in [0.4, 0.5) is 13.2 Å².